The van der Waals surface area contributed by atoms with Crippen molar-refractivity contribution in [1.29, 1.82) is 0 Å². The van der Waals surface area contributed by atoms with Gasteiger partial charge in [-0.2, -0.15) is 0 Å². The van der Waals surface area contributed by atoms with Gasteiger partial charge in [0.1, 0.15) is 12.2 Å². The Hall–Kier alpha value is -0.920. The number of nitrogens with one attached hydrogen (secondary N) is 2. The number of alkyl carbamates (subject to hydrolysis) is 2. The number of amides is 2. The van der Waals surface area contributed by atoms with Gasteiger partial charge >= 0.3 is 12.2 Å². The first kappa shape index (κ1) is 31.8. The minimum Gasteiger partial charge on any atom is -0.445 e. The number of hydrogen-bond acceptors (Lipinski definition) is 5. The summed E-state index contributed by atoms with van der Waals surface area (Å²) in [5, 5.41) is 5.51. The lowest BCUT2D eigenvalue weighted by molar-refractivity contribution is -0.0194. The van der Waals surface area contributed by atoms with Crippen LogP contribution in [0, 0.1) is 0 Å². The molecule has 0 aromatic heterocycles. The first-order chi connectivity index (χ1) is 12.4. The van der Waals surface area contributed by atoms with E-state index in [-0.39, 0.29) is 30.9 Å². The Bertz CT molecular complexity index is 373. The summed E-state index contributed by atoms with van der Waals surface area (Å²) in [6, 6.07) is -0.219. The number of likely N-dealkylation sites (N-methyl/N-ethyl adjacent to an activating group) is 1. The molecule has 0 saturated carbocycles. The van der Waals surface area contributed by atoms with Crippen LogP contribution in [-0.4, -0.2) is 62.0 Å². The fourth-order valence-electron chi connectivity index (χ4n) is 2.90. The van der Waals surface area contributed by atoms with Gasteiger partial charge < -0.3 is 20.1 Å². The largest absolute Gasteiger partial charge is 0.445 e. The molecule has 2 N–H and O–H groups in total. The number of unbranched alkanes of at least 4 members (excludes halogenated alkanes) is 2. The number of ether oxygens (including phenoxy) is 2. The lowest BCUT2D eigenvalue weighted by atomic mass is 10.1. The molecule has 170 valence electrons. The average Bonchev–Trinajstić information content (AvgIpc) is 2.55. The second kappa shape index (κ2) is 19.4. The van der Waals surface area contributed by atoms with E-state index >= 15 is 0 Å². The van der Waals surface area contributed by atoms with E-state index in [4.69, 9.17) is 9.47 Å². The van der Waals surface area contributed by atoms with Gasteiger partial charge in [-0.15, -0.1) is 24.8 Å². The summed E-state index contributed by atoms with van der Waals surface area (Å²) in [6.07, 6.45) is 3.13. The van der Waals surface area contributed by atoms with Gasteiger partial charge in [0.15, 0.2) is 0 Å². The highest BCUT2D eigenvalue weighted by Crippen LogP contribution is 2.15. The Kier molecular flexibility index (Phi) is 22.0. The van der Waals surface area contributed by atoms with Gasteiger partial charge in [-0.05, 0) is 46.7 Å². The Morgan fingerprint density at radius 1 is 0.821 bits per heavy atom. The summed E-state index contributed by atoms with van der Waals surface area (Å²) in [5.41, 5.74) is 0. The van der Waals surface area contributed by atoms with Crippen molar-refractivity contribution in [1.82, 2.24) is 15.5 Å². The fraction of sp³-hybridized carbons (Fsp3) is 0.895. The van der Waals surface area contributed by atoms with Crippen molar-refractivity contribution in [3.63, 3.8) is 0 Å². The molecule has 9 heteroatoms. The van der Waals surface area contributed by atoms with E-state index in [9.17, 15) is 9.59 Å². The van der Waals surface area contributed by atoms with Gasteiger partial charge in [-0.3, -0.25) is 4.90 Å². The van der Waals surface area contributed by atoms with E-state index in [0.717, 1.165) is 38.6 Å². The molecule has 2 atom stereocenters. The van der Waals surface area contributed by atoms with Crippen LogP contribution in [0.25, 0.3) is 0 Å². The third kappa shape index (κ3) is 14.1. The number of rotatable bonds is 13. The monoisotopic (exact) mass is 445 g/mol. The van der Waals surface area contributed by atoms with Crippen molar-refractivity contribution in [2.24, 2.45) is 0 Å². The minimum atomic E-state index is -0.430. The van der Waals surface area contributed by atoms with Crippen molar-refractivity contribution < 1.29 is 19.1 Å². The predicted octanol–water partition coefficient (Wildman–Crippen LogP) is 4.37. The van der Waals surface area contributed by atoms with Gasteiger partial charge in [0.2, 0.25) is 0 Å². The van der Waals surface area contributed by atoms with Crippen LogP contribution in [-0.2, 0) is 9.47 Å². The van der Waals surface area contributed by atoms with Gasteiger partial charge in [0.25, 0.3) is 0 Å². The van der Waals surface area contributed by atoms with E-state index in [1.807, 2.05) is 20.9 Å². The number of halogens is 2. The molecule has 0 aliphatic rings. The summed E-state index contributed by atoms with van der Waals surface area (Å²) in [7, 11) is 1.96. The van der Waals surface area contributed by atoms with Crippen LogP contribution in [0.15, 0.2) is 0 Å². The molecular weight excluding hydrogens is 405 g/mol. The van der Waals surface area contributed by atoms with Crippen molar-refractivity contribution in [2.75, 3.05) is 26.7 Å². The molecule has 0 fully saturated rings. The second-order valence-electron chi connectivity index (χ2n) is 6.75. The zero-order valence-electron chi connectivity index (χ0n) is 18.3. The highest BCUT2D eigenvalue weighted by molar-refractivity contribution is 5.85. The average molecular weight is 446 g/mol. The minimum absolute atomic E-state index is 0. The molecule has 7 nitrogen and oxygen atoms in total. The van der Waals surface area contributed by atoms with Crippen LogP contribution < -0.4 is 10.6 Å². The second-order valence-corrected chi connectivity index (χ2v) is 6.75. The standard InChI is InChI=1S/C19H39N3O4.2ClH/c1-7-10-12-20-18(23)25-15(4)17(22(6)14-9-3)16(5)26-19(24)21-13-11-8-2;;/h15-17H,7-14H2,1-6H3,(H,20,23)(H,21,24);2*1H. The zero-order valence-corrected chi connectivity index (χ0v) is 19.9. The maximum Gasteiger partial charge on any atom is 0.407 e. The Balaban J connectivity index is -0.00000312. The van der Waals surface area contributed by atoms with Gasteiger partial charge in [-0.25, -0.2) is 9.59 Å². The SMILES string of the molecule is CCCCNC(=O)OC(C)C(C(C)OC(=O)NCCCC)N(C)CCC.Cl.Cl. The highest BCUT2D eigenvalue weighted by atomic mass is 35.5. The quantitative estimate of drug-likeness (QED) is 0.411. The third-order valence-electron chi connectivity index (χ3n) is 4.23. The number of carbonyl (C=O) groups is 2. The van der Waals surface area contributed by atoms with Crippen LogP contribution in [0.1, 0.15) is 66.7 Å². The normalized spacial score (nSPS) is 13.4. The Morgan fingerprint density at radius 2 is 1.21 bits per heavy atom. The van der Waals surface area contributed by atoms with Crippen molar-refractivity contribution in [3.05, 3.63) is 0 Å². The highest BCUT2D eigenvalue weighted by Gasteiger charge is 2.32. The molecule has 0 aromatic carbocycles. The third-order valence-corrected chi connectivity index (χ3v) is 4.23. The van der Waals surface area contributed by atoms with Crippen molar-refractivity contribution in [2.45, 2.75) is 85.0 Å². The summed E-state index contributed by atoms with van der Waals surface area (Å²) >= 11 is 0. The molecule has 0 radical (unpaired) electrons. The number of carbonyl (C=O) groups excluding carboxylic acids is 2. The predicted molar refractivity (Wildman–Crippen MR) is 119 cm³/mol. The molecule has 28 heavy (non-hydrogen) atoms. The molecule has 0 spiro atoms. The van der Waals surface area contributed by atoms with E-state index in [1.54, 1.807) is 0 Å². The van der Waals surface area contributed by atoms with Crippen LogP contribution in [0.4, 0.5) is 9.59 Å². The van der Waals surface area contributed by atoms with Gasteiger partial charge in [0, 0.05) is 13.1 Å². The Morgan fingerprint density at radius 3 is 1.54 bits per heavy atom. The van der Waals surface area contributed by atoms with Crippen LogP contribution in [0.2, 0.25) is 0 Å². The maximum atomic E-state index is 12.0. The topological polar surface area (TPSA) is 79.9 Å². The fourth-order valence-corrected chi connectivity index (χ4v) is 2.90. The zero-order chi connectivity index (χ0) is 19.9. The summed E-state index contributed by atoms with van der Waals surface area (Å²) < 4.78 is 11.0. The summed E-state index contributed by atoms with van der Waals surface area (Å²) in [5.74, 6) is 0. The molecule has 0 rings (SSSR count). The number of hydrogen-bond donors (Lipinski definition) is 2. The molecule has 0 heterocycles. The number of nitrogens with zero attached hydrogens (tertiary/aromatic N) is 1. The summed E-state index contributed by atoms with van der Waals surface area (Å²) in [6.45, 7) is 11.9. The summed E-state index contributed by atoms with van der Waals surface area (Å²) in [4.78, 5) is 26.0. The van der Waals surface area contributed by atoms with Gasteiger partial charge in [-0.1, -0.05) is 33.6 Å². The molecule has 0 aliphatic heterocycles. The maximum absolute atomic E-state index is 12.0. The lowest BCUT2D eigenvalue weighted by Gasteiger charge is -2.35. The van der Waals surface area contributed by atoms with E-state index in [1.165, 1.54) is 0 Å². The van der Waals surface area contributed by atoms with Crippen LogP contribution in [0.5, 0.6) is 0 Å². The molecule has 0 aromatic rings. The first-order valence-electron chi connectivity index (χ1n) is 9.96. The van der Waals surface area contributed by atoms with Gasteiger partial charge in [0.05, 0.1) is 6.04 Å². The van der Waals surface area contributed by atoms with Crippen LogP contribution in [0.3, 0.4) is 0 Å². The van der Waals surface area contributed by atoms with Crippen LogP contribution >= 0.6 is 24.8 Å². The molecule has 2 amide bonds. The van der Waals surface area contributed by atoms with Crippen molar-refractivity contribution in [3.8, 4) is 0 Å². The van der Waals surface area contributed by atoms with E-state index < -0.39 is 24.4 Å². The van der Waals surface area contributed by atoms with E-state index in [2.05, 4.69) is 36.3 Å². The molecular formula is C19H41Cl2N3O4. The molecule has 0 aliphatic carbocycles. The lowest BCUT2D eigenvalue weighted by Crippen LogP contribution is -2.51. The first-order valence-corrected chi connectivity index (χ1v) is 9.96. The molecule has 2 unspecified atom stereocenters. The van der Waals surface area contributed by atoms with E-state index in [0.29, 0.717) is 13.1 Å². The smallest absolute Gasteiger partial charge is 0.407 e. The van der Waals surface area contributed by atoms with Crippen molar-refractivity contribution >= 4 is 37.0 Å². The molecule has 0 bridgehead atoms. The Labute approximate surface area is 183 Å². The molecule has 0 saturated heterocycles.